The summed E-state index contributed by atoms with van der Waals surface area (Å²) in [4.78, 5) is 33.2. The molecule has 0 unspecified atom stereocenters. The molecule has 5 rings (SSSR count). The van der Waals surface area contributed by atoms with Crippen molar-refractivity contribution in [3.05, 3.63) is 108 Å². The van der Waals surface area contributed by atoms with Gasteiger partial charge >= 0.3 is 12.2 Å². The lowest BCUT2D eigenvalue weighted by molar-refractivity contribution is -0.137. The molecular formula is C28H21F3N6O3. The molecule has 0 radical (unpaired) electrons. The molecule has 0 saturated heterocycles. The van der Waals surface area contributed by atoms with Gasteiger partial charge in [-0.2, -0.15) is 23.0 Å². The number of aromatic nitrogens is 4. The number of benzene rings is 2. The first-order chi connectivity index (χ1) is 19.3. The molecule has 2 N–H and O–H groups in total. The third-order valence-electron chi connectivity index (χ3n) is 5.84. The molecule has 40 heavy (non-hydrogen) atoms. The van der Waals surface area contributed by atoms with Crippen LogP contribution < -0.4 is 15.4 Å². The molecule has 0 spiro atoms. The Labute approximate surface area is 225 Å². The van der Waals surface area contributed by atoms with E-state index in [4.69, 9.17) is 4.74 Å². The molecular weight excluding hydrogens is 525 g/mol. The lowest BCUT2D eigenvalue weighted by Crippen LogP contribution is -2.26. The van der Waals surface area contributed by atoms with Crippen molar-refractivity contribution in [2.45, 2.75) is 12.6 Å². The third kappa shape index (κ3) is 6.23. The lowest BCUT2D eigenvalue weighted by atomic mass is 10.1. The molecule has 0 atom stereocenters. The summed E-state index contributed by atoms with van der Waals surface area (Å²) in [7, 11) is 0. The molecule has 2 aromatic carbocycles. The van der Waals surface area contributed by atoms with Crippen molar-refractivity contribution in [3.8, 4) is 11.5 Å². The quantitative estimate of drug-likeness (QED) is 0.271. The molecule has 0 saturated carbocycles. The smallest absolute Gasteiger partial charge is 0.416 e. The minimum absolute atomic E-state index is 0.188. The number of carbonyl (C=O) groups excluding carboxylic acids is 2. The van der Waals surface area contributed by atoms with Crippen molar-refractivity contribution in [3.63, 3.8) is 0 Å². The molecule has 0 aliphatic heterocycles. The van der Waals surface area contributed by atoms with Gasteiger partial charge in [-0.15, -0.1) is 0 Å². The van der Waals surface area contributed by atoms with Crippen LogP contribution in [0.4, 0.5) is 23.7 Å². The normalized spacial score (nSPS) is 11.3. The predicted octanol–water partition coefficient (Wildman–Crippen LogP) is 5.69. The number of ether oxygens (including phenoxy) is 1. The molecule has 12 heteroatoms. The minimum Gasteiger partial charge on any atom is -0.457 e. The second-order valence-electron chi connectivity index (χ2n) is 8.62. The van der Waals surface area contributed by atoms with Crippen LogP contribution in [-0.2, 0) is 12.6 Å². The summed E-state index contributed by atoms with van der Waals surface area (Å²) in [6.07, 6.45) is 2.22. The number of rotatable bonds is 7. The van der Waals surface area contributed by atoms with E-state index in [1.54, 1.807) is 42.7 Å². The number of carbonyl (C=O) groups is 2. The number of pyridine rings is 2. The van der Waals surface area contributed by atoms with Gasteiger partial charge in [-0.25, -0.2) is 4.79 Å². The first kappa shape index (κ1) is 26.4. The van der Waals surface area contributed by atoms with E-state index in [1.807, 2.05) is 12.1 Å². The highest BCUT2D eigenvalue weighted by atomic mass is 19.4. The van der Waals surface area contributed by atoms with Gasteiger partial charge < -0.3 is 15.4 Å². The Morgan fingerprint density at radius 3 is 2.42 bits per heavy atom. The van der Waals surface area contributed by atoms with Crippen LogP contribution in [-0.4, -0.2) is 38.2 Å². The maximum atomic E-state index is 13.0. The summed E-state index contributed by atoms with van der Waals surface area (Å²) in [6, 6.07) is 15.7. The number of nitrogens with one attached hydrogen (secondary N) is 2. The Morgan fingerprint density at radius 2 is 1.68 bits per heavy atom. The summed E-state index contributed by atoms with van der Waals surface area (Å²) in [6.45, 7) is 0.436. The maximum absolute atomic E-state index is 13.0. The second kappa shape index (κ2) is 11.2. The van der Waals surface area contributed by atoms with Crippen LogP contribution in [0.3, 0.4) is 0 Å². The first-order valence-electron chi connectivity index (χ1n) is 12.0. The molecule has 5 aromatic rings. The molecule has 0 aliphatic carbocycles. The monoisotopic (exact) mass is 546 g/mol. The molecule has 0 fully saturated rings. The summed E-state index contributed by atoms with van der Waals surface area (Å²) in [5, 5.41) is 9.57. The van der Waals surface area contributed by atoms with E-state index in [9.17, 15) is 22.8 Å². The number of halogens is 3. The van der Waals surface area contributed by atoms with E-state index < -0.39 is 17.8 Å². The molecule has 3 aromatic heterocycles. The van der Waals surface area contributed by atoms with Gasteiger partial charge in [0.25, 0.3) is 5.91 Å². The largest absolute Gasteiger partial charge is 0.457 e. The lowest BCUT2D eigenvalue weighted by Gasteiger charge is -2.10. The zero-order chi connectivity index (χ0) is 28.1. The topological polar surface area (TPSA) is 111 Å². The van der Waals surface area contributed by atoms with Crippen LogP contribution in [0.1, 0.15) is 21.6 Å². The number of alkyl halides is 3. The van der Waals surface area contributed by atoms with Gasteiger partial charge in [-0.05, 0) is 72.6 Å². The van der Waals surface area contributed by atoms with Crippen LogP contribution in [0, 0.1) is 0 Å². The maximum Gasteiger partial charge on any atom is 0.416 e. The van der Waals surface area contributed by atoms with Crippen LogP contribution >= 0.6 is 0 Å². The summed E-state index contributed by atoms with van der Waals surface area (Å²) >= 11 is 0. The number of anilines is 1. The highest BCUT2D eigenvalue weighted by molar-refractivity contribution is 5.97. The van der Waals surface area contributed by atoms with Crippen molar-refractivity contribution in [1.29, 1.82) is 0 Å². The van der Waals surface area contributed by atoms with Crippen molar-refractivity contribution < 1.29 is 27.5 Å². The molecule has 202 valence electrons. The third-order valence-corrected chi connectivity index (χ3v) is 5.84. The summed E-state index contributed by atoms with van der Waals surface area (Å²) < 4.78 is 45.7. The zero-order valence-electron chi connectivity index (χ0n) is 20.7. The van der Waals surface area contributed by atoms with Crippen molar-refractivity contribution in [2.24, 2.45) is 0 Å². The number of fused-ring (bicyclic) bond motifs is 1. The SMILES string of the molecule is O=C(NCCc1ccncc1)c1cc(Oc2ccc(NC(=O)n3ncc4cc(C(F)(F)F)ccc43)cc2)ccn1. The van der Waals surface area contributed by atoms with Crippen molar-refractivity contribution in [1.82, 2.24) is 25.1 Å². The number of amides is 2. The predicted molar refractivity (Wildman–Crippen MR) is 140 cm³/mol. The van der Waals surface area contributed by atoms with Crippen LogP contribution in [0.15, 0.2) is 91.5 Å². The number of nitrogens with zero attached hydrogens (tertiary/aromatic N) is 4. The van der Waals surface area contributed by atoms with Gasteiger partial charge in [0.2, 0.25) is 0 Å². The molecule has 9 nitrogen and oxygen atoms in total. The Bertz CT molecular complexity index is 1650. The highest BCUT2D eigenvalue weighted by Crippen LogP contribution is 2.31. The van der Waals surface area contributed by atoms with Crippen LogP contribution in [0.25, 0.3) is 10.9 Å². The van der Waals surface area contributed by atoms with E-state index in [1.165, 1.54) is 24.5 Å². The van der Waals surface area contributed by atoms with Gasteiger partial charge in [-0.1, -0.05) is 0 Å². The fourth-order valence-electron chi connectivity index (χ4n) is 3.85. The molecule has 3 heterocycles. The van der Waals surface area contributed by atoms with Gasteiger partial charge in [0.15, 0.2) is 0 Å². The van der Waals surface area contributed by atoms with E-state index in [-0.39, 0.29) is 22.5 Å². The zero-order valence-corrected chi connectivity index (χ0v) is 20.7. The Balaban J connectivity index is 1.18. The number of hydrogen-bond donors (Lipinski definition) is 2. The standard InChI is InChI=1S/C28H21F3N6O3/c29-28(30,31)20-1-6-25-19(15-20)17-35-37(25)27(39)36-21-2-4-22(5-3-21)40-23-10-14-33-24(16-23)26(38)34-13-9-18-7-11-32-12-8-18/h1-8,10-12,14-17H,9,13H2,(H,34,38)(H,36,39). The van der Waals surface area contributed by atoms with Crippen molar-refractivity contribution in [2.75, 3.05) is 11.9 Å². The molecule has 2 amide bonds. The van der Waals surface area contributed by atoms with Crippen molar-refractivity contribution >= 4 is 28.5 Å². The van der Waals surface area contributed by atoms with Crippen LogP contribution in [0.2, 0.25) is 0 Å². The Kier molecular flexibility index (Phi) is 7.40. The second-order valence-corrected chi connectivity index (χ2v) is 8.62. The molecule has 0 bridgehead atoms. The fourth-order valence-corrected chi connectivity index (χ4v) is 3.85. The van der Waals surface area contributed by atoms with E-state index in [0.29, 0.717) is 30.2 Å². The molecule has 0 aliphatic rings. The van der Waals surface area contributed by atoms with E-state index in [0.717, 1.165) is 22.4 Å². The average molecular weight is 547 g/mol. The Hall–Kier alpha value is -5.26. The number of hydrogen-bond acceptors (Lipinski definition) is 6. The fraction of sp³-hybridized carbons (Fsp3) is 0.107. The van der Waals surface area contributed by atoms with Gasteiger partial charge in [-0.3, -0.25) is 14.8 Å². The Morgan fingerprint density at radius 1 is 0.900 bits per heavy atom. The van der Waals surface area contributed by atoms with E-state index in [2.05, 4.69) is 25.7 Å². The highest BCUT2D eigenvalue weighted by Gasteiger charge is 2.30. The average Bonchev–Trinajstić information content (AvgIpc) is 3.38. The van der Waals surface area contributed by atoms with Gasteiger partial charge in [0, 0.05) is 42.3 Å². The van der Waals surface area contributed by atoms with Gasteiger partial charge in [0.1, 0.15) is 17.2 Å². The van der Waals surface area contributed by atoms with Gasteiger partial charge in [0.05, 0.1) is 17.3 Å². The summed E-state index contributed by atoms with van der Waals surface area (Å²) in [5.74, 6) is 0.503. The minimum atomic E-state index is -4.49. The first-order valence-corrected chi connectivity index (χ1v) is 12.0. The van der Waals surface area contributed by atoms with E-state index >= 15 is 0 Å². The summed E-state index contributed by atoms with van der Waals surface area (Å²) in [5.41, 5.74) is 1.08. The van der Waals surface area contributed by atoms with Crippen LogP contribution in [0.5, 0.6) is 11.5 Å².